The van der Waals surface area contributed by atoms with Gasteiger partial charge in [0.15, 0.2) is 0 Å². The molecule has 0 aliphatic carbocycles. The average Bonchev–Trinajstić information content (AvgIpc) is 2.32. The zero-order valence-corrected chi connectivity index (χ0v) is 16.7. The molecule has 0 aromatic carbocycles. The minimum absolute atomic E-state index is 0.279. The van der Waals surface area contributed by atoms with Crippen LogP contribution in [-0.4, -0.2) is 44.6 Å². The van der Waals surface area contributed by atoms with E-state index in [2.05, 4.69) is 70.8 Å². The maximum absolute atomic E-state index is 11.8. The molecule has 0 amide bonds. The Morgan fingerprint density at radius 1 is 0.864 bits per heavy atom. The number of nitrogens with zero attached hydrogens (tertiary/aromatic N) is 3. The molecule has 0 spiro atoms. The molecule has 0 rings (SSSR count). The van der Waals surface area contributed by atoms with Crippen molar-refractivity contribution >= 4 is 7.79 Å². The average molecular weight is 329 g/mol. The Bertz CT molecular complexity index is 350. The first kappa shape index (κ1) is 21.5. The second-order valence-electron chi connectivity index (χ2n) is 7.00. The molecule has 0 radical (unpaired) electrons. The van der Waals surface area contributed by atoms with Crippen molar-refractivity contribution in [1.29, 1.82) is 5.26 Å². The quantitative estimate of drug-likeness (QED) is 0.509. The van der Waals surface area contributed by atoms with E-state index in [0.29, 0.717) is 12.6 Å². The molecule has 0 unspecified atom stereocenters. The summed E-state index contributed by atoms with van der Waals surface area (Å²) in [6, 6.07) is 3.24. The fraction of sp³-hybridized carbons (Fsp3) is 0.824. The van der Waals surface area contributed by atoms with E-state index in [0.717, 1.165) is 0 Å². The van der Waals surface area contributed by atoms with Crippen molar-refractivity contribution in [3.63, 3.8) is 0 Å². The molecule has 0 aromatic rings. The van der Waals surface area contributed by atoms with Crippen molar-refractivity contribution < 1.29 is 4.89 Å². The maximum atomic E-state index is 11.8. The van der Waals surface area contributed by atoms with Crippen LogP contribution < -0.4 is 0 Å². The van der Waals surface area contributed by atoms with Crippen LogP contribution in [0.1, 0.15) is 61.8 Å². The predicted molar refractivity (Wildman–Crippen MR) is 99.0 cm³/mol. The third-order valence-corrected chi connectivity index (χ3v) is 8.32. The molecule has 130 valence electrons. The van der Waals surface area contributed by atoms with Gasteiger partial charge in [0.1, 0.15) is 0 Å². The van der Waals surface area contributed by atoms with Crippen LogP contribution in [0.4, 0.5) is 0 Å². The van der Waals surface area contributed by atoms with Crippen LogP contribution >= 0.6 is 7.79 Å². The number of rotatable bonds is 9. The van der Waals surface area contributed by atoms with Gasteiger partial charge in [0.2, 0.25) is 0 Å². The van der Waals surface area contributed by atoms with Crippen molar-refractivity contribution in [3.8, 4) is 6.07 Å². The van der Waals surface area contributed by atoms with E-state index in [9.17, 15) is 4.89 Å². The second-order valence-corrected chi connectivity index (χ2v) is 9.99. The molecular weight excluding hydrogens is 293 g/mol. The summed E-state index contributed by atoms with van der Waals surface area (Å²) in [5.74, 6) is 0. The van der Waals surface area contributed by atoms with E-state index in [1.165, 1.54) is 0 Å². The molecule has 0 atom stereocenters. The number of hydrogen-bond donors (Lipinski definition) is 1. The van der Waals surface area contributed by atoms with Crippen molar-refractivity contribution in [2.24, 2.45) is 0 Å². The Kier molecular flexibility index (Phi) is 9.43. The Morgan fingerprint density at radius 3 is 1.50 bits per heavy atom. The summed E-state index contributed by atoms with van der Waals surface area (Å²) >= 11 is 0. The monoisotopic (exact) mass is 329 g/mol. The zero-order chi connectivity index (χ0) is 17.5. The summed E-state index contributed by atoms with van der Waals surface area (Å²) < 4.78 is 4.59. The van der Waals surface area contributed by atoms with Gasteiger partial charge in [-0.3, -0.25) is 0 Å². The summed E-state index contributed by atoms with van der Waals surface area (Å²) in [6.07, 6.45) is 4.89. The van der Waals surface area contributed by atoms with Crippen molar-refractivity contribution in [1.82, 2.24) is 9.34 Å². The summed E-state index contributed by atoms with van der Waals surface area (Å²) in [6.45, 7) is 17.2. The number of allylic oxidation sites excluding steroid dienone is 2. The molecule has 0 aliphatic heterocycles. The molecule has 5 heteroatoms. The van der Waals surface area contributed by atoms with E-state index in [1.807, 2.05) is 12.2 Å². The SMILES string of the molecule is CC(C)N(C(C)C)[PH](O)(CC=CCC#N)N(C(C)C)C(C)C. The Balaban J connectivity index is 5.76. The van der Waals surface area contributed by atoms with Gasteiger partial charge in [-0.05, 0) is 0 Å². The Hall–Kier alpha value is -0.460. The van der Waals surface area contributed by atoms with Crippen LogP contribution in [-0.2, 0) is 0 Å². The van der Waals surface area contributed by atoms with Gasteiger partial charge in [-0.15, -0.1) is 0 Å². The third kappa shape index (κ3) is 5.63. The first-order chi connectivity index (χ1) is 10.1. The molecule has 0 aliphatic rings. The Labute approximate surface area is 138 Å². The molecule has 0 heterocycles. The molecule has 0 bridgehead atoms. The topological polar surface area (TPSA) is 50.5 Å². The first-order valence-corrected chi connectivity index (χ1v) is 10.5. The van der Waals surface area contributed by atoms with Gasteiger partial charge in [-0.2, -0.15) is 0 Å². The molecule has 0 saturated heterocycles. The van der Waals surface area contributed by atoms with Crippen LogP contribution in [0.15, 0.2) is 12.2 Å². The van der Waals surface area contributed by atoms with Gasteiger partial charge >= 0.3 is 138 Å². The minimum atomic E-state index is -2.84. The first-order valence-electron chi connectivity index (χ1n) is 8.40. The van der Waals surface area contributed by atoms with Gasteiger partial charge in [0, 0.05) is 0 Å². The van der Waals surface area contributed by atoms with Gasteiger partial charge in [-0.1, -0.05) is 0 Å². The number of nitriles is 1. The summed E-state index contributed by atoms with van der Waals surface area (Å²) in [7, 11) is -2.84. The zero-order valence-electron chi connectivity index (χ0n) is 15.7. The molecule has 4 nitrogen and oxygen atoms in total. The normalized spacial score (nSPS) is 14.3. The van der Waals surface area contributed by atoms with Crippen molar-refractivity contribution in [3.05, 3.63) is 12.2 Å². The summed E-state index contributed by atoms with van der Waals surface area (Å²) in [5.41, 5.74) is 0. The fourth-order valence-electron chi connectivity index (χ4n) is 3.57. The van der Waals surface area contributed by atoms with Gasteiger partial charge in [-0.25, -0.2) is 0 Å². The molecule has 0 aromatic heterocycles. The van der Waals surface area contributed by atoms with E-state index < -0.39 is 7.79 Å². The van der Waals surface area contributed by atoms with E-state index in [1.54, 1.807) is 0 Å². The molecule has 1 N–H and O–H groups in total. The molecule has 0 saturated carbocycles. The van der Waals surface area contributed by atoms with Gasteiger partial charge in [0.25, 0.3) is 0 Å². The van der Waals surface area contributed by atoms with Crippen LogP contribution in [0, 0.1) is 11.3 Å². The van der Waals surface area contributed by atoms with Crippen LogP contribution in [0.3, 0.4) is 0 Å². The van der Waals surface area contributed by atoms with Crippen LogP contribution in [0.2, 0.25) is 0 Å². The standard InChI is InChI=1S/C17H36N3OP/c1-14(2)19(15(3)4)22(21,13-11-9-10-12-18)20(16(5)6)17(7)8/h9,11,14-17,21-22H,10,13H2,1-8H3. The molecule has 22 heavy (non-hydrogen) atoms. The third-order valence-electron chi connectivity index (χ3n) is 3.82. The summed E-state index contributed by atoms with van der Waals surface area (Å²) in [5, 5.41) is 8.69. The van der Waals surface area contributed by atoms with Gasteiger partial charge in [0.05, 0.1) is 0 Å². The second kappa shape index (κ2) is 9.63. The predicted octanol–water partition coefficient (Wildman–Crippen LogP) is 4.18. The summed E-state index contributed by atoms with van der Waals surface area (Å²) in [4.78, 5) is 11.8. The van der Waals surface area contributed by atoms with E-state index >= 15 is 0 Å². The molecular formula is C17H36N3OP. The van der Waals surface area contributed by atoms with Gasteiger partial charge < -0.3 is 0 Å². The van der Waals surface area contributed by atoms with E-state index in [4.69, 9.17) is 5.26 Å². The Morgan fingerprint density at radius 2 is 1.23 bits per heavy atom. The van der Waals surface area contributed by atoms with Crippen molar-refractivity contribution in [2.45, 2.75) is 86.0 Å². The van der Waals surface area contributed by atoms with Crippen molar-refractivity contribution in [2.75, 3.05) is 6.16 Å². The van der Waals surface area contributed by atoms with Crippen LogP contribution in [0.5, 0.6) is 0 Å². The fourth-order valence-corrected chi connectivity index (χ4v) is 8.05. The van der Waals surface area contributed by atoms with E-state index in [-0.39, 0.29) is 24.2 Å². The van der Waals surface area contributed by atoms with Crippen LogP contribution in [0.25, 0.3) is 0 Å². The number of hydrogen-bond acceptors (Lipinski definition) is 4. The molecule has 0 fully saturated rings.